The molecule has 4 nitrogen and oxygen atoms in total. The fourth-order valence-electron chi connectivity index (χ4n) is 3.14. The van der Waals surface area contributed by atoms with E-state index in [2.05, 4.69) is 6.58 Å². The van der Waals surface area contributed by atoms with Gasteiger partial charge in [0.05, 0.1) is 19.5 Å². The van der Waals surface area contributed by atoms with E-state index in [9.17, 15) is 0 Å². The van der Waals surface area contributed by atoms with Crippen molar-refractivity contribution in [1.29, 1.82) is 0 Å². The highest BCUT2D eigenvalue weighted by molar-refractivity contribution is 5.44. The molecule has 1 aromatic rings. The lowest BCUT2D eigenvalue weighted by Crippen LogP contribution is -2.21. The first-order valence-electron chi connectivity index (χ1n) is 8.04. The van der Waals surface area contributed by atoms with Crippen LogP contribution >= 0.6 is 0 Å². The molecular formula is C18H24O4. The van der Waals surface area contributed by atoms with Gasteiger partial charge in [-0.2, -0.15) is 0 Å². The molecule has 0 unspecified atom stereocenters. The minimum atomic E-state index is 0.318. The topological polar surface area (TPSA) is 36.9 Å². The Labute approximate surface area is 132 Å². The molecule has 0 amide bonds. The van der Waals surface area contributed by atoms with Crippen LogP contribution in [0.4, 0.5) is 0 Å². The molecule has 2 aliphatic rings. The van der Waals surface area contributed by atoms with E-state index in [4.69, 9.17) is 18.9 Å². The highest BCUT2D eigenvalue weighted by Crippen LogP contribution is 2.33. The average molecular weight is 304 g/mol. The Morgan fingerprint density at radius 2 is 1.77 bits per heavy atom. The van der Waals surface area contributed by atoms with Gasteiger partial charge in [0.2, 0.25) is 6.79 Å². The number of ether oxygens (including phenoxy) is 4. The van der Waals surface area contributed by atoms with Gasteiger partial charge in [0.15, 0.2) is 11.5 Å². The maximum absolute atomic E-state index is 5.89. The van der Waals surface area contributed by atoms with Crippen LogP contribution in [0.25, 0.3) is 0 Å². The van der Waals surface area contributed by atoms with Crippen LogP contribution in [-0.4, -0.2) is 20.0 Å². The first-order chi connectivity index (χ1) is 10.8. The Morgan fingerprint density at radius 1 is 1.05 bits per heavy atom. The number of hydrogen-bond acceptors (Lipinski definition) is 4. The molecule has 1 heterocycles. The average Bonchev–Trinajstić information content (AvgIpc) is 3.02. The van der Waals surface area contributed by atoms with Gasteiger partial charge in [0.25, 0.3) is 0 Å². The molecule has 120 valence electrons. The second-order valence-corrected chi connectivity index (χ2v) is 6.09. The number of benzene rings is 1. The van der Waals surface area contributed by atoms with Crippen molar-refractivity contribution < 1.29 is 18.9 Å². The Bertz CT molecular complexity index is 492. The van der Waals surface area contributed by atoms with Crippen LogP contribution in [-0.2, 0) is 16.1 Å². The number of fused-ring (bicyclic) bond motifs is 1. The Hall–Kier alpha value is -1.68. The first-order valence-corrected chi connectivity index (χ1v) is 8.04. The van der Waals surface area contributed by atoms with Gasteiger partial charge in [-0.1, -0.05) is 12.6 Å². The summed E-state index contributed by atoms with van der Waals surface area (Å²) < 4.78 is 21.9. The third kappa shape index (κ3) is 3.95. The molecule has 0 radical (unpaired) electrons. The zero-order valence-electron chi connectivity index (χ0n) is 13.0. The molecule has 3 rings (SSSR count). The fraction of sp³-hybridized carbons (Fsp3) is 0.556. The first kappa shape index (κ1) is 15.2. The fourth-order valence-corrected chi connectivity index (χ4v) is 3.14. The van der Waals surface area contributed by atoms with Crippen molar-refractivity contribution in [3.8, 4) is 11.5 Å². The SMILES string of the molecule is C=COCC1CCC(COCc2ccc3c(c2)OCO3)CC1. The summed E-state index contributed by atoms with van der Waals surface area (Å²) in [6, 6.07) is 5.99. The molecule has 22 heavy (non-hydrogen) atoms. The summed E-state index contributed by atoms with van der Waals surface area (Å²) >= 11 is 0. The molecule has 0 atom stereocenters. The molecule has 1 saturated carbocycles. The minimum absolute atomic E-state index is 0.318. The predicted octanol–water partition coefficient (Wildman–Crippen LogP) is 3.90. The number of hydrogen-bond donors (Lipinski definition) is 0. The zero-order valence-corrected chi connectivity index (χ0v) is 13.0. The zero-order chi connectivity index (χ0) is 15.2. The van der Waals surface area contributed by atoms with Crippen molar-refractivity contribution in [2.45, 2.75) is 32.3 Å². The van der Waals surface area contributed by atoms with Gasteiger partial charge in [-0.15, -0.1) is 0 Å². The van der Waals surface area contributed by atoms with Gasteiger partial charge in [-0.25, -0.2) is 0 Å². The molecule has 1 aromatic carbocycles. The van der Waals surface area contributed by atoms with Gasteiger partial charge in [0.1, 0.15) is 0 Å². The van der Waals surface area contributed by atoms with E-state index in [0.29, 0.717) is 25.2 Å². The van der Waals surface area contributed by atoms with Gasteiger partial charge in [-0.3, -0.25) is 0 Å². The molecule has 0 saturated heterocycles. The van der Waals surface area contributed by atoms with Crippen LogP contribution < -0.4 is 9.47 Å². The summed E-state index contributed by atoms with van der Waals surface area (Å²) in [6.07, 6.45) is 6.46. The number of rotatable bonds is 7. The summed E-state index contributed by atoms with van der Waals surface area (Å²) in [7, 11) is 0. The smallest absolute Gasteiger partial charge is 0.231 e. The summed E-state index contributed by atoms with van der Waals surface area (Å²) in [5.41, 5.74) is 1.14. The van der Waals surface area contributed by atoms with Gasteiger partial charge in [0, 0.05) is 6.61 Å². The van der Waals surface area contributed by atoms with Crippen LogP contribution in [0.1, 0.15) is 31.2 Å². The second kappa shape index (κ2) is 7.54. The largest absolute Gasteiger partial charge is 0.502 e. The molecular weight excluding hydrogens is 280 g/mol. The van der Waals surface area contributed by atoms with E-state index in [1.54, 1.807) is 6.26 Å². The van der Waals surface area contributed by atoms with E-state index >= 15 is 0 Å². The standard InChI is InChI=1S/C18H24O4/c1-2-19-10-14-3-5-15(6-4-14)11-20-12-16-7-8-17-18(9-16)22-13-21-17/h2,7-9,14-15H,1,3-6,10-13H2. The molecule has 0 spiro atoms. The molecule has 0 bridgehead atoms. The Balaban J connectivity index is 1.36. The summed E-state index contributed by atoms with van der Waals surface area (Å²) in [6.45, 7) is 6.20. The quantitative estimate of drug-likeness (QED) is 0.716. The molecule has 1 fully saturated rings. The molecule has 0 N–H and O–H groups in total. The van der Waals surface area contributed by atoms with Crippen LogP contribution in [0.3, 0.4) is 0 Å². The van der Waals surface area contributed by atoms with Crippen molar-refractivity contribution in [2.24, 2.45) is 11.8 Å². The van der Waals surface area contributed by atoms with Crippen LogP contribution in [0.15, 0.2) is 31.0 Å². The van der Waals surface area contributed by atoms with Crippen molar-refractivity contribution in [1.82, 2.24) is 0 Å². The lowest BCUT2D eigenvalue weighted by molar-refractivity contribution is 0.0587. The lowest BCUT2D eigenvalue weighted by Gasteiger charge is -2.27. The predicted molar refractivity (Wildman–Crippen MR) is 83.8 cm³/mol. The van der Waals surface area contributed by atoms with Gasteiger partial charge in [-0.05, 0) is 55.2 Å². The van der Waals surface area contributed by atoms with Crippen LogP contribution in [0.2, 0.25) is 0 Å². The van der Waals surface area contributed by atoms with E-state index in [-0.39, 0.29) is 0 Å². The summed E-state index contributed by atoms with van der Waals surface area (Å²) in [5, 5.41) is 0. The molecule has 4 heteroatoms. The van der Waals surface area contributed by atoms with E-state index < -0.39 is 0 Å². The maximum Gasteiger partial charge on any atom is 0.231 e. The third-order valence-corrected chi connectivity index (χ3v) is 4.48. The highest BCUT2D eigenvalue weighted by Gasteiger charge is 2.21. The van der Waals surface area contributed by atoms with Crippen molar-refractivity contribution in [2.75, 3.05) is 20.0 Å². The summed E-state index contributed by atoms with van der Waals surface area (Å²) in [5.74, 6) is 3.00. The molecule has 1 aliphatic carbocycles. The van der Waals surface area contributed by atoms with E-state index in [1.807, 2.05) is 18.2 Å². The third-order valence-electron chi connectivity index (χ3n) is 4.48. The highest BCUT2D eigenvalue weighted by atomic mass is 16.7. The Kier molecular flexibility index (Phi) is 5.22. The maximum atomic E-state index is 5.89. The van der Waals surface area contributed by atoms with Gasteiger partial charge >= 0.3 is 0 Å². The minimum Gasteiger partial charge on any atom is -0.502 e. The molecule has 1 aliphatic heterocycles. The lowest BCUT2D eigenvalue weighted by atomic mass is 9.83. The second-order valence-electron chi connectivity index (χ2n) is 6.09. The van der Waals surface area contributed by atoms with Gasteiger partial charge < -0.3 is 18.9 Å². The van der Waals surface area contributed by atoms with Crippen LogP contribution in [0, 0.1) is 11.8 Å². The summed E-state index contributed by atoms with van der Waals surface area (Å²) in [4.78, 5) is 0. The normalized spacial score (nSPS) is 23.3. The molecule has 0 aromatic heterocycles. The Morgan fingerprint density at radius 3 is 2.55 bits per heavy atom. The van der Waals surface area contributed by atoms with Crippen molar-refractivity contribution in [3.63, 3.8) is 0 Å². The monoisotopic (exact) mass is 304 g/mol. The van der Waals surface area contributed by atoms with Crippen LogP contribution in [0.5, 0.6) is 11.5 Å². The van der Waals surface area contributed by atoms with E-state index in [0.717, 1.165) is 30.3 Å². The van der Waals surface area contributed by atoms with Crippen molar-refractivity contribution in [3.05, 3.63) is 36.6 Å². The van der Waals surface area contributed by atoms with E-state index in [1.165, 1.54) is 25.7 Å². The van der Waals surface area contributed by atoms with Crippen molar-refractivity contribution >= 4 is 0 Å².